The Balaban J connectivity index is 0.000000371. The molecule has 1 atom stereocenters. The van der Waals surface area contributed by atoms with E-state index >= 15 is 0 Å². The van der Waals surface area contributed by atoms with Gasteiger partial charge in [-0.2, -0.15) is 0 Å². The zero-order valence-electron chi connectivity index (χ0n) is 18.6. The van der Waals surface area contributed by atoms with Crippen molar-refractivity contribution in [2.45, 2.75) is 72.3 Å². The summed E-state index contributed by atoms with van der Waals surface area (Å²) in [6, 6.07) is 0.888. The Kier molecular flexibility index (Phi) is 20.5. The molecule has 6 heteroatoms. The second-order valence-electron chi connectivity index (χ2n) is 8.71. The van der Waals surface area contributed by atoms with Crippen molar-refractivity contribution in [3.05, 3.63) is 0 Å². The van der Waals surface area contributed by atoms with Crippen molar-refractivity contribution in [2.24, 2.45) is 0 Å². The predicted octanol–water partition coefficient (Wildman–Crippen LogP) is 2.37. The molecule has 4 N–H and O–H groups in total. The van der Waals surface area contributed by atoms with Gasteiger partial charge in [-0.3, -0.25) is 4.90 Å². The molecule has 0 aromatic rings. The summed E-state index contributed by atoms with van der Waals surface area (Å²) in [5.74, 6) is 0. The first-order valence-electron chi connectivity index (χ1n) is 12.1. The predicted molar refractivity (Wildman–Crippen MR) is 135 cm³/mol. The van der Waals surface area contributed by atoms with Gasteiger partial charge in [-0.05, 0) is 78.3 Å². The van der Waals surface area contributed by atoms with Crippen LogP contribution in [0, 0.1) is 0 Å². The molecule has 5 heterocycles. The quantitative estimate of drug-likeness (QED) is 0.475. The molecule has 0 aromatic carbocycles. The average Bonchev–Trinajstić information content (AvgIpc) is 3.27. The number of piperazine rings is 2. The highest BCUT2D eigenvalue weighted by Gasteiger charge is 2.25. The van der Waals surface area contributed by atoms with Crippen molar-refractivity contribution in [1.82, 2.24) is 31.1 Å². The van der Waals surface area contributed by atoms with E-state index < -0.39 is 0 Å². The first kappa shape index (κ1) is 29.8. The summed E-state index contributed by atoms with van der Waals surface area (Å²) in [4.78, 5) is 4.94. The molecule has 0 bridgehead atoms. The fourth-order valence-electron chi connectivity index (χ4n) is 4.29. The van der Waals surface area contributed by atoms with E-state index in [-0.39, 0.29) is 14.9 Å². The van der Waals surface area contributed by atoms with Gasteiger partial charge in [0, 0.05) is 51.9 Å². The lowest BCUT2D eigenvalue weighted by Gasteiger charge is -2.29. The molecule has 0 saturated carbocycles. The van der Waals surface area contributed by atoms with E-state index in [9.17, 15) is 0 Å². The zero-order valence-corrected chi connectivity index (χ0v) is 18.6. The molecule has 0 spiro atoms. The Bertz CT molecular complexity index is 294. The maximum absolute atomic E-state index is 3.41. The molecule has 6 nitrogen and oxygen atoms in total. The van der Waals surface area contributed by atoms with Gasteiger partial charge in [0.05, 0.1) is 0 Å². The third-order valence-electron chi connectivity index (χ3n) is 6.21. The van der Waals surface area contributed by atoms with E-state index in [0.717, 1.165) is 19.1 Å². The van der Waals surface area contributed by atoms with Gasteiger partial charge in [-0.25, -0.2) is 0 Å². The van der Waals surface area contributed by atoms with Crippen LogP contribution in [0.2, 0.25) is 0 Å². The van der Waals surface area contributed by atoms with E-state index in [1.54, 1.807) is 0 Å². The number of hydrogen-bond acceptors (Lipinski definition) is 6. The van der Waals surface area contributed by atoms with E-state index in [2.05, 4.69) is 38.1 Å². The standard InChI is InChI=1S/C7H14N2.C5H12N2.2C5H11N.2CH4/c1-2-7-6-8-3-5-9(7)4-1;1-7-4-2-6-3-5-7;2*1-2-4-6-5-3-1;;/h7-8H,1-6H2;6H,2-5H2,1H3;2*6H,1-5H2;2*1H4. The molecular weight excluding hydrogens is 372 g/mol. The number of rotatable bonds is 0. The number of piperidine rings is 2. The molecule has 5 rings (SSSR count). The van der Waals surface area contributed by atoms with Crippen molar-refractivity contribution < 1.29 is 0 Å². The molecular formula is C24H56N6. The van der Waals surface area contributed by atoms with Gasteiger partial charge in [0.15, 0.2) is 0 Å². The topological polar surface area (TPSA) is 54.6 Å². The number of likely N-dealkylation sites (N-methyl/N-ethyl adjacent to an activating group) is 1. The molecule has 0 aliphatic carbocycles. The van der Waals surface area contributed by atoms with Crippen molar-refractivity contribution >= 4 is 0 Å². The maximum atomic E-state index is 3.41. The molecule has 30 heavy (non-hydrogen) atoms. The van der Waals surface area contributed by atoms with Gasteiger partial charge in [-0.15, -0.1) is 0 Å². The summed E-state index contributed by atoms with van der Waals surface area (Å²) >= 11 is 0. The SMILES string of the molecule is C.C.C1CC2CNCCN2C1.C1CCNCC1.C1CCNCC1.CN1CCNCC1. The minimum absolute atomic E-state index is 0. The first-order valence-corrected chi connectivity index (χ1v) is 12.1. The molecule has 182 valence electrons. The second kappa shape index (κ2) is 20.7. The van der Waals surface area contributed by atoms with Crippen LogP contribution in [0.25, 0.3) is 0 Å². The lowest BCUT2D eigenvalue weighted by atomic mass is 10.2. The highest BCUT2D eigenvalue weighted by molar-refractivity contribution is 4.84. The molecule has 5 saturated heterocycles. The minimum Gasteiger partial charge on any atom is -0.317 e. The van der Waals surface area contributed by atoms with Crippen LogP contribution in [-0.2, 0) is 0 Å². The Labute approximate surface area is 189 Å². The summed E-state index contributed by atoms with van der Waals surface area (Å²) in [7, 11) is 2.15. The first-order chi connectivity index (χ1) is 13.9. The van der Waals surface area contributed by atoms with E-state index in [1.165, 1.54) is 117 Å². The Morgan fingerprint density at radius 2 is 1.03 bits per heavy atom. The molecule has 0 radical (unpaired) electrons. The summed E-state index contributed by atoms with van der Waals surface area (Å²) < 4.78 is 0. The monoisotopic (exact) mass is 428 g/mol. The van der Waals surface area contributed by atoms with Gasteiger partial charge < -0.3 is 26.2 Å². The number of fused-ring (bicyclic) bond motifs is 1. The van der Waals surface area contributed by atoms with Crippen LogP contribution in [0.4, 0.5) is 0 Å². The van der Waals surface area contributed by atoms with Gasteiger partial charge in [0.25, 0.3) is 0 Å². The van der Waals surface area contributed by atoms with Crippen LogP contribution in [0.1, 0.15) is 66.2 Å². The zero-order chi connectivity index (χ0) is 19.7. The molecule has 0 aromatic heterocycles. The summed E-state index contributed by atoms with van der Waals surface area (Å²) in [5.41, 5.74) is 0. The second-order valence-corrected chi connectivity index (χ2v) is 8.71. The lowest BCUT2D eigenvalue weighted by Crippen LogP contribution is -2.47. The molecule has 5 aliphatic heterocycles. The van der Waals surface area contributed by atoms with Crippen LogP contribution in [0.3, 0.4) is 0 Å². The van der Waals surface area contributed by atoms with Crippen LogP contribution < -0.4 is 21.3 Å². The molecule has 5 aliphatic rings. The van der Waals surface area contributed by atoms with E-state index in [4.69, 9.17) is 0 Å². The van der Waals surface area contributed by atoms with Crippen LogP contribution >= 0.6 is 0 Å². The summed E-state index contributed by atoms with van der Waals surface area (Å²) in [5, 5.41) is 13.3. The van der Waals surface area contributed by atoms with Crippen LogP contribution in [0.15, 0.2) is 0 Å². The highest BCUT2D eigenvalue weighted by Crippen LogP contribution is 2.17. The van der Waals surface area contributed by atoms with Gasteiger partial charge in [0.1, 0.15) is 0 Å². The Morgan fingerprint density at radius 1 is 0.533 bits per heavy atom. The van der Waals surface area contributed by atoms with Gasteiger partial charge in [0.2, 0.25) is 0 Å². The largest absolute Gasteiger partial charge is 0.317 e. The number of nitrogens with zero attached hydrogens (tertiary/aromatic N) is 2. The average molecular weight is 429 g/mol. The molecule has 5 fully saturated rings. The lowest BCUT2D eigenvalue weighted by molar-refractivity contribution is 0.212. The van der Waals surface area contributed by atoms with Crippen molar-refractivity contribution in [2.75, 3.05) is 85.6 Å². The fourth-order valence-corrected chi connectivity index (χ4v) is 4.29. The van der Waals surface area contributed by atoms with Crippen molar-refractivity contribution in [3.8, 4) is 0 Å². The number of hydrogen-bond donors (Lipinski definition) is 4. The van der Waals surface area contributed by atoms with Gasteiger partial charge >= 0.3 is 0 Å². The molecule has 0 amide bonds. The van der Waals surface area contributed by atoms with Crippen molar-refractivity contribution in [3.63, 3.8) is 0 Å². The summed E-state index contributed by atoms with van der Waals surface area (Å²) in [6.07, 6.45) is 11.3. The van der Waals surface area contributed by atoms with E-state index in [1.807, 2.05) is 0 Å². The summed E-state index contributed by atoms with van der Waals surface area (Å²) in [6.45, 7) is 14.8. The van der Waals surface area contributed by atoms with Crippen molar-refractivity contribution in [1.29, 1.82) is 0 Å². The molecule has 1 unspecified atom stereocenters. The third kappa shape index (κ3) is 14.7. The van der Waals surface area contributed by atoms with Crippen LogP contribution in [0.5, 0.6) is 0 Å². The normalized spacial score (nSPS) is 26.5. The van der Waals surface area contributed by atoms with Crippen LogP contribution in [-0.4, -0.2) is 101 Å². The Hall–Kier alpha value is -0.240. The highest BCUT2D eigenvalue weighted by atomic mass is 15.2. The Morgan fingerprint density at radius 3 is 1.40 bits per heavy atom. The van der Waals surface area contributed by atoms with E-state index in [0.29, 0.717) is 0 Å². The fraction of sp³-hybridized carbons (Fsp3) is 1.00. The maximum Gasteiger partial charge on any atom is 0.0221 e. The van der Waals surface area contributed by atoms with Gasteiger partial charge in [-0.1, -0.05) is 27.7 Å². The third-order valence-corrected chi connectivity index (χ3v) is 6.21. The number of nitrogens with one attached hydrogen (secondary N) is 4. The smallest absolute Gasteiger partial charge is 0.0221 e. The minimum atomic E-state index is 0.